The van der Waals surface area contributed by atoms with Gasteiger partial charge in [-0.25, -0.2) is 9.37 Å². The van der Waals surface area contributed by atoms with Crippen molar-refractivity contribution in [1.82, 2.24) is 14.9 Å². The highest BCUT2D eigenvalue weighted by molar-refractivity contribution is 5.46. The van der Waals surface area contributed by atoms with E-state index in [1.807, 2.05) is 12.1 Å². The summed E-state index contributed by atoms with van der Waals surface area (Å²) >= 11 is 0. The van der Waals surface area contributed by atoms with Gasteiger partial charge in [0.15, 0.2) is 11.5 Å². The van der Waals surface area contributed by atoms with Crippen molar-refractivity contribution in [2.75, 3.05) is 31.3 Å². The summed E-state index contributed by atoms with van der Waals surface area (Å²) in [4.78, 5) is 14.4. The molecular formula is C26H27FN4O3. The van der Waals surface area contributed by atoms with E-state index in [1.165, 1.54) is 24.1 Å². The minimum Gasteiger partial charge on any atom is -0.454 e. The number of halogens is 1. The highest BCUT2D eigenvalue weighted by atomic mass is 19.1. The van der Waals surface area contributed by atoms with Gasteiger partial charge in [0.05, 0.1) is 11.3 Å². The molecule has 176 valence electrons. The van der Waals surface area contributed by atoms with Crippen molar-refractivity contribution in [3.05, 3.63) is 65.1 Å². The summed E-state index contributed by atoms with van der Waals surface area (Å²) < 4.78 is 30.6. The fourth-order valence-electron chi connectivity index (χ4n) is 4.79. The SMILES string of the molecule is Fc1ccc(Oc2nc(N3CCCCC3)nc3c2CN(Cc2ccc4c(c2)OCO4)CC3)cc1. The van der Waals surface area contributed by atoms with Crippen LogP contribution in [-0.2, 0) is 19.5 Å². The van der Waals surface area contributed by atoms with Gasteiger partial charge < -0.3 is 19.1 Å². The Balaban J connectivity index is 1.28. The summed E-state index contributed by atoms with van der Waals surface area (Å²) in [5.74, 6) is 3.17. The number of aromatic nitrogens is 2. The van der Waals surface area contributed by atoms with Crippen molar-refractivity contribution < 1.29 is 18.6 Å². The number of hydrogen-bond donors (Lipinski definition) is 0. The van der Waals surface area contributed by atoms with Crippen molar-refractivity contribution >= 4 is 5.95 Å². The Morgan fingerprint density at radius 1 is 0.912 bits per heavy atom. The third-order valence-corrected chi connectivity index (χ3v) is 6.60. The van der Waals surface area contributed by atoms with Crippen molar-refractivity contribution in [3.8, 4) is 23.1 Å². The highest BCUT2D eigenvalue weighted by Gasteiger charge is 2.26. The van der Waals surface area contributed by atoms with Gasteiger partial charge in [0.25, 0.3) is 0 Å². The number of anilines is 1. The predicted molar refractivity (Wildman–Crippen MR) is 125 cm³/mol. The topological polar surface area (TPSA) is 60.0 Å². The highest BCUT2D eigenvalue weighted by Crippen LogP contribution is 2.35. The molecule has 6 rings (SSSR count). The van der Waals surface area contributed by atoms with Crippen LogP contribution in [0.3, 0.4) is 0 Å². The van der Waals surface area contributed by atoms with Crippen LogP contribution in [0.5, 0.6) is 23.1 Å². The van der Waals surface area contributed by atoms with E-state index < -0.39 is 0 Å². The van der Waals surface area contributed by atoms with Crippen LogP contribution in [0.4, 0.5) is 10.3 Å². The molecule has 4 heterocycles. The first-order chi connectivity index (χ1) is 16.7. The first-order valence-electron chi connectivity index (χ1n) is 11.9. The number of benzene rings is 2. The van der Waals surface area contributed by atoms with Gasteiger partial charge in [-0.15, -0.1) is 0 Å². The van der Waals surface area contributed by atoms with Gasteiger partial charge in [-0.2, -0.15) is 4.98 Å². The minimum absolute atomic E-state index is 0.274. The van der Waals surface area contributed by atoms with Crippen LogP contribution in [-0.4, -0.2) is 41.3 Å². The van der Waals surface area contributed by atoms with Gasteiger partial charge in [0.2, 0.25) is 18.6 Å². The van der Waals surface area contributed by atoms with Crippen molar-refractivity contribution in [2.24, 2.45) is 0 Å². The monoisotopic (exact) mass is 462 g/mol. The van der Waals surface area contributed by atoms with Crippen LogP contribution in [0, 0.1) is 5.82 Å². The number of fused-ring (bicyclic) bond motifs is 2. The Bertz CT molecular complexity index is 1180. The average Bonchev–Trinajstić information content (AvgIpc) is 3.34. The molecule has 0 unspecified atom stereocenters. The Hall–Kier alpha value is -3.39. The van der Waals surface area contributed by atoms with Crippen molar-refractivity contribution in [3.63, 3.8) is 0 Å². The van der Waals surface area contributed by atoms with Gasteiger partial charge >= 0.3 is 0 Å². The van der Waals surface area contributed by atoms with Crippen molar-refractivity contribution in [2.45, 2.75) is 38.8 Å². The third-order valence-electron chi connectivity index (χ3n) is 6.60. The molecule has 0 bridgehead atoms. The van der Waals surface area contributed by atoms with Crippen LogP contribution in [0.1, 0.15) is 36.1 Å². The van der Waals surface area contributed by atoms with E-state index in [-0.39, 0.29) is 12.6 Å². The first kappa shape index (κ1) is 21.2. The molecule has 2 aromatic carbocycles. The van der Waals surface area contributed by atoms with Crippen molar-refractivity contribution in [1.29, 1.82) is 0 Å². The molecule has 3 aliphatic heterocycles. The molecule has 7 nitrogen and oxygen atoms in total. The maximum Gasteiger partial charge on any atom is 0.231 e. The van der Waals surface area contributed by atoms with Gasteiger partial charge in [-0.1, -0.05) is 6.07 Å². The Morgan fingerprint density at radius 3 is 2.59 bits per heavy atom. The lowest BCUT2D eigenvalue weighted by atomic mass is 10.1. The molecule has 1 saturated heterocycles. The van der Waals surface area contributed by atoms with Gasteiger partial charge in [0, 0.05) is 39.1 Å². The molecule has 1 aromatic heterocycles. The van der Waals surface area contributed by atoms with Gasteiger partial charge in [-0.05, 0) is 61.2 Å². The molecule has 0 spiro atoms. The largest absolute Gasteiger partial charge is 0.454 e. The molecule has 0 radical (unpaired) electrons. The smallest absolute Gasteiger partial charge is 0.231 e. The molecule has 0 N–H and O–H groups in total. The number of rotatable bonds is 5. The van der Waals surface area contributed by atoms with E-state index >= 15 is 0 Å². The lowest BCUT2D eigenvalue weighted by molar-refractivity contribution is 0.174. The zero-order chi connectivity index (χ0) is 22.9. The summed E-state index contributed by atoms with van der Waals surface area (Å²) in [6, 6.07) is 12.2. The summed E-state index contributed by atoms with van der Waals surface area (Å²) in [5.41, 5.74) is 3.20. The predicted octanol–water partition coefficient (Wildman–Crippen LogP) is 4.69. The van der Waals surface area contributed by atoms with Gasteiger partial charge in [-0.3, -0.25) is 4.90 Å². The average molecular weight is 463 g/mol. The maximum atomic E-state index is 13.4. The molecule has 3 aliphatic rings. The van der Waals surface area contributed by atoms with E-state index in [1.54, 1.807) is 12.1 Å². The van der Waals surface area contributed by atoms with Crippen LogP contribution < -0.4 is 19.1 Å². The molecule has 34 heavy (non-hydrogen) atoms. The van der Waals surface area contributed by atoms with Crippen LogP contribution in [0.2, 0.25) is 0 Å². The molecular weight excluding hydrogens is 435 g/mol. The van der Waals surface area contributed by atoms with E-state index in [0.717, 1.165) is 74.1 Å². The minimum atomic E-state index is -0.291. The Labute approximate surface area is 198 Å². The zero-order valence-corrected chi connectivity index (χ0v) is 19.0. The molecule has 0 atom stereocenters. The van der Waals surface area contributed by atoms with E-state index in [0.29, 0.717) is 18.2 Å². The van der Waals surface area contributed by atoms with E-state index in [9.17, 15) is 4.39 Å². The number of nitrogens with zero attached hydrogens (tertiary/aromatic N) is 4. The lowest BCUT2D eigenvalue weighted by Gasteiger charge is -2.32. The number of ether oxygens (including phenoxy) is 3. The van der Waals surface area contributed by atoms with Crippen LogP contribution in [0.15, 0.2) is 42.5 Å². The number of piperidine rings is 1. The Kier molecular flexibility index (Phi) is 5.66. The normalized spacial score (nSPS) is 17.5. The second-order valence-corrected chi connectivity index (χ2v) is 9.01. The van der Waals surface area contributed by atoms with E-state index in [4.69, 9.17) is 24.2 Å². The van der Waals surface area contributed by atoms with Crippen LogP contribution in [0.25, 0.3) is 0 Å². The Morgan fingerprint density at radius 2 is 1.74 bits per heavy atom. The summed E-state index contributed by atoms with van der Waals surface area (Å²) in [5, 5.41) is 0. The van der Waals surface area contributed by atoms with Gasteiger partial charge in [0.1, 0.15) is 11.6 Å². The quantitative estimate of drug-likeness (QED) is 0.545. The molecule has 8 heteroatoms. The molecule has 3 aromatic rings. The second kappa shape index (κ2) is 9.10. The lowest BCUT2D eigenvalue weighted by Crippen LogP contribution is -2.34. The molecule has 0 amide bonds. The van der Waals surface area contributed by atoms with E-state index in [2.05, 4.69) is 15.9 Å². The first-order valence-corrected chi connectivity index (χ1v) is 11.9. The zero-order valence-electron chi connectivity index (χ0n) is 19.0. The molecule has 0 saturated carbocycles. The molecule has 1 fully saturated rings. The fourth-order valence-corrected chi connectivity index (χ4v) is 4.79. The second-order valence-electron chi connectivity index (χ2n) is 9.01. The molecule has 0 aliphatic carbocycles. The fraction of sp³-hybridized carbons (Fsp3) is 0.385. The summed E-state index contributed by atoms with van der Waals surface area (Å²) in [6.45, 7) is 4.56. The maximum absolute atomic E-state index is 13.4. The summed E-state index contributed by atoms with van der Waals surface area (Å²) in [7, 11) is 0. The third kappa shape index (κ3) is 4.37. The number of hydrogen-bond acceptors (Lipinski definition) is 7. The van der Waals surface area contributed by atoms with Crippen LogP contribution >= 0.6 is 0 Å². The summed E-state index contributed by atoms with van der Waals surface area (Å²) in [6.07, 6.45) is 4.37. The standard InChI is InChI=1S/C26H27FN4O3/c27-19-5-7-20(8-6-19)34-25-21-16-30(15-18-4-9-23-24(14-18)33-17-32-23)13-10-22(21)28-26(29-25)31-11-2-1-3-12-31/h4-9,14H,1-3,10-13,15-17H2.